The van der Waals surface area contributed by atoms with Crippen LogP contribution >= 0.6 is 28.5 Å². The summed E-state index contributed by atoms with van der Waals surface area (Å²) < 4.78 is 0. The Bertz CT molecular complexity index is 829. The van der Waals surface area contributed by atoms with Gasteiger partial charge < -0.3 is 0 Å². The van der Waals surface area contributed by atoms with Gasteiger partial charge in [0.05, 0.1) is 22.8 Å². The van der Waals surface area contributed by atoms with E-state index in [1.807, 2.05) is 0 Å². The Kier molecular flexibility index (Phi) is 13.1. The van der Waals surface area contributed by atoms with Gasteiger partial charge in [0.15, 0.2) is 0 Å². The molecule has 0 aliphatic carbocycles. The summed E-state index contributed by atoms with van der Waals surface area (Å²) in [6.07, 6.45) is 1.97. The van der Waals surface area contributed by atoms with Crippen molar-refractivity contribution in [3.8, 4) is 0 Å². The van der Waals surface area contributed by atoms with Gasteiger partial charge in [-0.25, -0.2) is 0 Å². The van der Waals surface area contributed by atoms with Crippen molar-refractivity contribution in [1.82, 2.24) is 0 Å². The maximum absolute atomic E-state index is 5.06. The first-order valence-corrected chi connectivity index (χ1v) is 15.8. The molecule has 0 saturated carbocycles. The second-order valence-corrected chi connectivity index (χ2v) is 13.1. The van der Waals surface area contributed by atoms with Gasteiger partial charge in [0.2, 0.25) is 0 Å². The van der Waals surface area contributed by atoms with Gasteiger partial charge in [0.1, 0.15) is 0 Å². The maximum atomic E-state index is 5.06. The number of para-hydroxylation sites is 2. The fourth-order valence-corrected chi connectivity index (χ4v) is 3.49. The molecule has 0 aromatic heterocycles. The van der Waals surface area contributed by atoms with Crippen molar-refractivity contribution in [2.45, 2.75) is 80.1 Å². The molecule has 0 bridgehead atoms. The van der Waals surface area contributed by atoms with Crippen LogP contribution in [0.2, 0.25) is 0 Å². The molecule has 0 N–H and O–H groups in total. The summed E-state index contributed by atoms with van der Waals surface area (Å²) in [6.45, 7) is 17.5. The van der Waals surface area contributed by atoms with Crippen molar-refractivity contribution in [2.24, 2.45) is 9.98 Å². The predicted molar refractivity (Wildman–Crippen MR) is 143 cm³/mol. The van der Waals surface area contributed by atoms with E-state index in [0.29, 0.717) is 11.8 Å². The van der Waals surface area contributed by atoms with E-state index in [4.69, 9.17) is 9.98 Å². The number of halogens is 2. The standard InChI is InChI=1S/C26H36N2.2BrH.Ni/c1-9-21-13-11-15-23(17(3)4)25(21)27-19(7)20(8)28-26-22(10-2)14-12-16-24(26)18(5)6;;;/h11-18H,9-10H2,1-8H3;2*1H;/q;;;+2/p-2. The van der Waals surface area contributed by atoms with Gasteiger partial charge in [0.25, 0.3) is 0 Å². The molecule has 2 aromatic carbocycles. The van der Waals surface area contributed by atoms with Crippen molar-refractivity contribution < 1.29 is 10.9 Å². The number of aryl methyl sites for hydroxylation is 2. The second-order valence-electron chi connectivity index (χ2n) is 8.17. The molecule has 31 heavy (non-hydrogen) atoms. The second kappa shape index (κ2) is 14.4. The van der Waals surface area contributed by atoms with Gasteiger partial charge in [-0.2, -0.15) is 0 Å². The van der Waals surface area contributed by atoms with Crippen molar-refractivity contribution in [1.29, 1.82) is 0 Å². The Labute approximate surface area is 209 Å². The first-order valence-electron chi connectivity index (χ1n) is 10.9. The van der Waals surface area contributed by atoms with Crippen LogP contribution in [0.15, 0.2) is 46.4 Å². The van der Waals surface area contributed by atoms with Crippen LogP contribution < -0.4 is 0 Å². The van der Waals surface area contributed by atoms with Crippen molar-refractivity contribution in [3.05, 3.63) is 58.7 Å². The molecule has 2 rings (SSSR count). The van der Waals surface area contributed by atoms with Crippen molar-refractivity contribution in [2.75, 3.05) is 0 Å². The zero-order chi connectivity index (χ0) is 23.6. The Balaban J connectivity index is 0.00000151. The summed E-state index contributed by atoms with van der Waals surface area (Å²) in [7, 11) is 1.25. The summed E-state index contributed by atoms with van der Waals surface area (Å²) in [5, 5.41) is 0. The van der Waals surface area contributed by atoms with E-state index < -0.39 is 0 Å². The quantitative estimate of drug-likeness (QED) is 0.225. The fourth-order valence-electron chi connectivity index (χ4n) is 3.49. The normalized spacial score (nSPS) is 12.4. The van der Waals surface area contributed by atoms with Gasteiger partial charge in [-0.3, -0.25) is 9.98 Å². The average molecular weight is 595 g/mol. The fraction of sp³-hybridized carbons (Fsp3) is 0.462. The van der Waals surface area contributed by atoms with Gasteiger partial charge in [-0.15, -0.1) is 0 Å². The third-order valence-electron chi connectivity index (χ3n) is 5.39. The summed E-state index contributed by atoms with van der Waals surface area (Å²) in [6, 6.07) is 13.1. The molecule has 0 unspecified atom stereocenters. The molecular weight excluding hydrogens is 559 g/mol. The molecule has 0 radical (unpaired) electrons. The van der Waals surface area contributed by atoms with E-state index in [9.17, 15) is 0 Å². The topological polar surface area (TPSA) is 24.7 Å². The van der Waals surface area contributed by atoms with Crippen molar-refractivity contribution in [3.63, 3.8) is 0 Å². The minimum atomic E-state index is 0.448. The number of nitrogens with zero attached hydrogens (tertiary/aromatic N) is 2. The zero-order valence-electron chi connectivity index (χ0n) is 20.0. The molecule has 5 heteroatoms. The van der Waals surface area contributed by atoms with Gasteiger partial charge in [0, 0.05) is 0 Å². The first kappa shape index (κ1) is 28.3. The average Bonchev–Trinajstić information content (AvgIpc) is 2.74. The minimum absolute atomic E-state index is 0.448. The van der Waals surface area contributed by atoms with E-state index >= 15 is 0 Å². The SMILES string of the molecule is CCc1cccc(C(C)C)c1N=C(C)C(C)=Nc1c(CC)cccc1C(C)C.[Br][Ni][Br]. The van der Waals surface area contributed by atoms with Gasteiger partial charge in [-0.05, 0) is 60.8 Å². The first-order chi connectivity index (χ1) is 14.7. The monoisotopic (exact) mass is 592 g/mol. The third kappa shape index (κ3) is 8.26. The zero-order valence-corrected chi connectivity index (χ0v) is 24.2. The van der Waals surface area contributed by atoms with Crippen molar-refractivity contribution >= 4 is 51.2 Å². The molecule has 0 saturated heterocycles. The number of rotatable bonds is 7. The molecular formula is C26H36Br2N2Ni. The number of hydrogen-bond donors (Lipinski definition) is 0. The number of benzene rings is 2. The predicted octanol–water partition coefficient (Wildman–Crippen LogP) is 9.63. The molecule has 174 valence electrons. The van der Waals surface area contributed by atoms with Crippen LogP contribution in [0.4, 0.5) is 11.4 Å². The molecule has 2 nitrogen and oxygen atoms in total. The molecule has 0 amide bonds. The Morgan fingerprint density at radius 1 is 0.742 bits per heavy atom. The van der Waals surface area contributed by atoms with Crippen LogP contribution in [-0.2, 0) is 23.7 Å². The summed E-state index contributed by atoms with van der Waals surface area (Å²) in [4.78, 5) is 10.1. The molecule has 0 heterocycles. The van der Waals surface area contributed by atoms with Crippen LogP contribution in [0, 0.1) is 0 Å². The molecule has 0 aliphatic rings. The summed E-state index contributed by atoms with van der Waals surface area (Å²) in [5.74, 6) is 0.896. The molecule has 0 atom stereocenters. The van der Waals surface area contributed by atoms with Crippen LogP contribution in [0.3, 0.4) is 0 Å². The Morgan fingerprint density at radius 2 is 1.06 bits per heavy atom. The third-order valence-corrected chi connectivity index (χ3v) is 5.39. The molecule has 2 aromatic rings. The number of aliphatic imine (C=N–C) groups is 2. The van der Waals surface area contributed by atoms with Crippen LogP contribution in [0.5, 0.6) is 0 Å². The van der Waals surface area contributed by atoms with Crippen LogP contribution in [0.25, 0.3) is 0 Å². The van der Waals surface area contributed by atoms with Crippen LogP contribution in [-0.4, -0.2) is 11.4 Å². The van der Waals surface area contributed by atoms with E-state index in [1.165, 1.54) is 33.2 Å². The summed E-state index contributed by atoms with van der Waals surface area (Å²) in [5.41, 5.74) is 9.45. The van der Waals surface area contributed by atoms with Gasteiger partial charge >= 0.3 is 39.3 Å². The molecule has 0 fully saturated rings. The molecule has 0 aliphatic heterocycles. The number of hydrogen-bond acceptors (Lipinski definition) is 2. The Morgan fingerprint density at radius 3 is 1.32 bits per heavy atom. The van der Waals surface area contributed by atoms with E-state index in [-0.39, 0.29) is 0 Å². The van der Waals surface area contributed by atoms with E-state index in [1.54, 1.807) is 0 Å². The van der Waals surface area contributed by atoms with E-state index in [0.717, 1.165) is 35.6 Å². The van der Waals surface area contributed by atoms with E-state index in [2.05, 4.69) is 120 Å². The summed E-state index contributed by atoms with van der Waals surface area (Å²) >= 11 is 6.00. The molecule has 0 spiro atoms. The Hall–Kier alpha value is -0.766. The van der Waals surface area contributed by atoms with Gasteiger partial charge in [-0.1, -0.05) is 77.9 Å². The van der Waals surface area contributed by atoms with Crippen LogP contribution in [0.1, 0.15) is 89.5 Å².